The van der Waals surface area contributed by atoms with Crippen molar-refractivity contribution >= 4 is 45.6 Å². The zero-order valence-electron chi connectivity index (χ0n) is 15.0. The Balaban J connectivity index is 2.27. The minimum Gasteiger partial charge on any atom is -0.462 e. The first-order chi connectivity index (χ1) is 12.7. The minimum absolute atomic E-state index is 0.294. The predicted octanol–water partition coefficient (Wildman–Crippen LogP) is 5.71. The van der Waals surface area contributed by atoms with Crippen molar-refractivity contribution in [3.63, 3.8) is 0 Å². The summed E-state index contributed by atoms with van der Waals surface area (Å²) in [4.78, 5) is 12.1. The fourth-order valence-electron chi connectivity index (χ4n) is 1.99. The quantitative estimate of drug-likeness (QED) is 0.355. The van der Waals surface area contributed by atoms with Crippen LogP contribution in [0.25, 0.3) is 0 Å². The number of esters is 1. The van der Waals surface area contributed by atoms with E-state index in [0.717, 1.165) is 4.47 Å². The number of nitrogens with one attached hydrogen (secondary N) is 1. The third-order valence-corrected chi connectivity index (χ3v) is 5.84. The fraction of sp³-hybridized carbons (Fsp3) is 0.278. The number of carbonyl (C=O) groups excluding carboxylic acids is 1. The van der Waals surface area contributed by atoms with Gasteiger partial charge >= 0.3 is 13.7 Å². The van der Waals surface area contributed by atoms with E-state index in [9.17, 15) is 9.36 Å². The van der Waals surface area contributed by atoms with Crippen LogP contribution in [-0.4, -0.2) is 18.1 Å². The lowest BCUT2D eigenvalue weighted by Gasteiger charge is -2.24. The highest BCUT2D eigenvalue weighted by molar-refractivity contribution is 9.11. The molecule has 2 rings (SSSR count). The van der Waals surface area contributed by atoms with E-state index >= 15 is 0 Å². The van der Waals surface area contributed by atoms with Crippen LogP contribution in [0.1, 0.15) is 20.8 Å². The van der Waals surface area contributed by atoms with E-state index in [1.807, 2.05) is 0 Å². The maximum Gasteiger partial charge on any atom is 0.513 e. The van der Waals surface area contributed by atoms with Crippen molar-refractivity contribution in [2.75, 3.05) is 0 Å². The summed E-state index contributed by atoms with van der Waals surface area (Å²) in [6.45, 7) is 5.01. The van der Waals surface area contributed by atoms with E-state index in [1.54, 1.807) is 62.4 Å². The van der Waals surface area contributed by atoms with Gasteiger partial charge < -0.3 is 13.8 Å². The van der Waals surface area contributed by atoms with Crippen molar-refractivity contribution in [3.05, 3.63) is 57.5 Å². The van der Waals surface area contributed by atoms with Gasteiger partial charge in [0.1, 0.15) is 17.5 Å². The Hall–Kier alpha value is -1.34. The largest absolute Gasteiger partial charge is 0.513 e. The molecule has 0 fully saturated rings. The highest BCUT2D eigenvalue weighted by Crippen LogP contribution is 2.47. The van der Waals surface area contributed by atoms with Crippen LogP contribution in [0, 0.1) is 0 Å². The monoisotopic (exact) mass is 519 g/mol. The normalized spacial score (nSPS) is 14.3. The Labute approximate surface area is 175 Å². The molecule has 0 saturated heterocycles. The van der Waals surface area contributed by atoms with Crippen LogP contribution in [0.3, 0.4) is 0 Å². The van der Waals surface area contributed by atoms with Crippen molar-refractivity contribution in [1.29, 1.82) is 0 Å². The molecule has 0 aliphatic carbocycles. The summed E-state index contributed by atoms with van der Waals surface area (Å²) in [6, 6.07) is 12.8. The molecule has 0 spiro atoms. The molecule has 9 heteroatoms. The highest BCUT2D eigenvalue weighted by Gasteiger charge is 2.34. The van der Waals surface area contributed by atoms with Gasteiger partial charge in [0.2, 0.25) is 0 Å². The van der Waals surface area contributed by atoms with Crippen molar-refractivity contribution in [2.45, 2.75) is 32.9 Å². The molecule has 2 atom stereocenters. The Kier molecular flexibility index (Phi) is 7.91. The van der Waals surface area contributed by atoms with Crippen LogP contribution in [0.4, 0.5) is 0 Å². The molecule has 0 aliphatic rings. The second-order valence-electron chi connectivity index (χ2n) is 5.90. The first-order valence-electron chi connectivity index (χ1n) is 8.16. The molecule has 1 unspecified atom stereocenters. The molecular weight excluding hydrogens is 501 g/mol. The maximum atomic E-state index is 13.4. The van der Waals surface area contributed by atoms with Gasteiger partial charge in [0.05, 0.1) is 10.6 Å². The Morgan fingerprint density at radius 3 is 2.30 bits per heavy atom. The lowest BCUT2D eigenvalue weighted by atomic mass is 10.3. The van der Waals surface area contributed by atoms with Crippen LogP contribution in [0.5, 0.6) is 11.5 Å². The zero-order valence-corrected chi connectivity index (χ0v) is 19.1. The lowest BCUT2D eigenvalue weighted by Crippen LogP contribution is -2.36. The number of benzene rings is 2. The number of hydrogen-bond donors (Lipinski definition) is 1. The van der Waals surface area contributed by atoms with E-state index in [2.05, 4.69) is 36.9 Å². The maximum absolute atomic E-state index is 13.4. The van der Waals surface area contributed by atoms with Crippen LogP contribution >= 0.6 is 39.6 Å². The predicted molar refractivity (Wildman–Crippen MR) is 111 cm³/mol. The van der Waals surface area contributed by atoms with Crippen LogP contribution in [0.15, 0.2) is 57.5 Å². The third kappa shape index (κ3) is 6.96. The van der Waals surface area contributed by atoms with Crippen molar-refractivity contribution in [2.24, 2.45) is 0 Å². The summed E-state index contributed by atoms with van der Waals surface area (Å²) >= 11 is 6.71. The van der Waals surface area contributed by atoms with E-state index in [-0.39, 0.29) is 6.10 Å². The van der Waals surface area contributed by atoms with Gasteiger partial charge in [-0.05, 0) is 67.0 Å². The van der Waals surface area contributed by atoms with Gasteiger partial charge in [-0.1, -0.05) is 34.1 Å². The van der Waals surface area contributed by atoms with Crippen LogP contribution < -0.4 is 14.1 Å². The van der Waals surface area contributed by atoms with Crippen molar-refractivity contribution in [3.8, 4) is 11.5 Å². The summed E-state index contributed by atoms with van der Waals surface area (Å²) in [7, 11) is -3.95. The molecule has 2 aromatic rings. The fourth-order valence-corrected chi connectivity index (χ4v) is 4.79. The Bertz CT molecular complexity index is 832. The number of para-hydroxylation sites is 1. The van der Waals surface area contributed by atoms with Gasteiger partial charge in [0, 0.05) is 4.47 Å². The minimum atomic E-state index is -3.95. The van der Waals surface area contributed by atoms with Gasteiger partial charge in [-0.2, -0.15) is 5.09 Å². The van der Waals surface area contributed by atoms with E-state index in [0.29, 0.717) is 16.0 Å². The molecule has 0 radical (unpaired) electrons. The summed E-state index contributed by atoms with van der Waals surface area (Å²) in [5.74, 6) is 0.0840. The van der Waals surface area contributed by atoms with Crippen LogP contribution in [0.2, 0.25) is 0 Å². The van der Waals surface area contributed by atoms with Gasteiger partial charge in [-0.15, -0.1) is 0 Å². The topological polar surface area (TPSA) is 73.9 Å². The zero-order chi connectivity index (χ0) is 20.0. The molecule has 6 nitrogen and oxygen atoms in total. The number of hydrogen-bond acceptors (Lipinski definition) is 5. The second-order valence-corrected chi connectivity index (χ2v) is 9.29. The van der Waals surface area contributed by atoms with Gasteiger partial charge in [0.25, 0.3) is 0 Å². The Morgan fingerprint density at radius 2 is 1.70 bits per heavy atom. The van der Waals surface area contributed by atoms with E-state index in [1.165, 1.54) is 6.92 Å². The summed E-state index contributed by atoms with van der Waals surface area (Å²) in [5.41, 5.74) is 0. The molecule has 0 heterocycles. The molecule has 0 aromatic heterocycles. The smallest absolute Gasteiger partial charge is 0.462 e. The lowest BCUT2D eigenvalue weighted by molar-refractivity contribution is -0.149. The molecule has 1 N–H and O–H groups in total. The van der Waals surface area contributed by atoms with Crippen molar-refractivity contribution in [1.82, 2.24) is 5.09 Å². The molecule has 0 saturated carbocycles. The first kappa shape index (κ1) is 22.0. The average Bonchev–Trinajstić information content (AvgIpc) is 2.57. The Morgan fingerprint density at radius 1 is 1.04 bits per heavy atom. The average molecular weight is 521 g/mol. The summed E-state index contributed by atoms with van der Waals surface area (Å²) in [6.07, 6.45) is -0.294. The molecule has 0 aliphatic heterocycles. The van der Waals surface area contributed by atoms with Crippen LogP contribution in [-0.2, 0) is 14.1 Å². The van der Waals surface area contributed by atoms with Crippen molar-refractivity contribution < 1.29 is 23.1 Å². The molecular formula is C18H20Br2NO5P. The summed E-state index contributed by atoms with van der Waals surface area (Å²) < 4.78 is 31.2. The van der Waals surface area contributed by atoms with Gasteiger partial charge in [0.15, 0.2) is 0 Å². The number of rotatable bonds is 8. The summed E-state index contributed by atoms with van der Waals surface area (Å²) in [5, 5.41) is 2.64. The molecule has 146 valence electrons. The number of carbonyl (C=O) groups is 1. The highest BCUT2D eigenvalue weighted by atomic mass is 79.9. The number of halogens is 2. The number of ether oxygens (including phenoxy) is 1. The SMILES string of the molecule is CC(C)OC(=O)[C@H](C)NP(=O)(Oc1ccccc1)Oc1ccc(Br)cc1Br. The molecule has 0 amide bonds. The van der Waals surface area contributed by atoms with Gasteiger partial charge in [-0.25, -0.2) is 4.57 Å². The standard InChI is InChI=1S/C18H20Br2NO5P/c1-12(2)24-18(22)13(3)21-27(23,25-15-7-5-4-6-8-15)26-17-10-9-14(19)11-16(17)20/h4-13H,1-3H3,(H,21,23)/t13-,27?/m0/s1. The van der Waals surface area contributed by atoms with Gasteiger partial charge in [-0.3, -0.25) is 4.79 Å². The molecule has 2 aromatic carbocycles. The third-order valence-electron chi connectivity index (χ3n) is 3.14. The molecule has 27 heavy (non-hydrogen) atoms. The molecule has 0 bridgehead atoms. The second kappa shape index (κ2) is 9.73. The first-order valence-corrected chi connectivity index (χ1v) is 11.3. The van der Waals surface area contributed by atoms with E-state index in [4.69, 9.17) is 13.8 Å². The van der Waals surface area contributed by atoms with E-state index < -0.39 is 19.8 Å².